The number of halogens is 1. The quantitative estimate of drug-likeness (QED) is 0.274. The highest BCUT2D eigenvalue weighted by atomic mass is 35.5. The number of hydrogen-bond donors (Lipinski definition) is 2. The van der Waals surface area contributed by atoms with Crippen LogP contribution in [-0.2, 0) is 11.3 Å². The van der Waals surface area contributed by atoms with Crippen LogP contribution in [0.5, 0.6) is 0 Å². The minimum Gasteiger partial charge on any atom is -0.409 e. The van der Waals surface area contributed by atoms with Crippen molar-refractivity contribution < 1.29 is 9.94 Å². The summed E-state index contributed by atoms with van der Waals surface area (Å²) in [5.74, 6) is 0.932. The molecule has 0 amide bonds. The molecule has 1 aromatic carbocycles. The fourth-order valence-corrected chi connectivity index (χ4v) is 1.96. The normalized spacial score (nSPS) is 15.9. The minimum atomic E-state index is 0.0538. The Hall–Kier alpha value is -1.26. The van der Waals surface area contributed by atoms with Crippen molar-refractivity contribution in [2.24, 2.45) is 16.8 Å². The highest BCUT2D eigenvalue weighted by Gasteiger charge is 2.20. The molecule has 0 radical (unpaired) electrons. The first-order valence-electron chi connectivity index (χ1n) is 6.04. The second-order valence-corrected chi connectivity index (χ2v) is 4.98. The highest BCUT2D eigenvalue weighted by Crippen LogP contribution is 2.32. The standard InChI is InChI=1S/C13H17ClN2O2/c14-12-7-10(13(15)16-17)3-4-11(12)8-18-6-5-9-1-2-9/h3-4,7,9,17H,1-2,5-6,8H2,(H2,15,16). The molecule has 0 aliphatic heterocycles. The predicted octanol–water partition coefficient (Wildman–Crippen LogP) is 2.75. The Kier molecular flexibility index (Phi) is 4.44. The van der Waals surface area contributed by atoms with Crippen molar-refractivity contribution in [2.75, 3.05) is 6.61 Å². The first kappa shape index (κ1) is 13.2. The zero-order valence-electron chi connectivity index (χ0n) is 10.1. The first-order valence-corrected chi connectivity index (χ1v) is 6.42. The summed E-state index contributed by atoms with van der Waals surface area (Å²) < 4.78 is 5.58. The molecule has 0 aromatic heterocycles. The van der Waals surface area contributed by atoms with Gasteiger partial charge in [-0.2, -0.15) is 0 Å². The number of amidine groups is 1. The second kappa shape index (κ2) is 6.07. The zero-order chi connectivity index (χ0) is 13.0. The van der Waals surface area contributed by atoms with Crippen molar-refractivity contribution in [1.29, 1.82) is 0 Å². The van der Waals surface area contributed by atoms with E-state index in [0.717, 1.165) is 24.5 Å². The average molecular weight is 269 g/mol. The summed E-state index contributed by atoms with van der Waals surface area (Å²) >= 11 is 6.11. The Morgan fingerprint density at radius 3 is 2.89 bits per heavy atom. The van der Waals surface area contributed by atoms with Gasteiger partial charge in [0.25, 0.3) is 0 Å². The number of nitrogens with two attached hydrogens (primary N) is 1. The molecular weight excluding hydrogens is 252 g/mol. The van der Waals surface area contributed by atoms with E-state index in [4.69, 9.17) is 27.3 Å². The van der Waals surface area contributed by atoms with Gasteiger partial charge in [0.05, 0.1) is 6.61 Å². The van der Waals surface area contributed by atoms with Crippen LogP contribution < -0.4 is 5.73 Å². The Morgan fingerprint density at radius 1 is 1.50 bits per heavy atom. The third kappa shape index (κ3) is 3.62. The summed E-state index contributed by atoms with van der Waals surface area (Å²) in [5, 5.41) is 12.1. The first-order chi connectivity index (χ1) is 8.70. The molecule has 3 N–H and O–H groups in total. The molecule has 1 aromatic rings. The maximum absolute atomic E-state index is 8.57. The van der Waals surface area contributed by atoms with E-state index < -0.39 is 0 Å². The van der Waals surface area contributed by atoms with Gasteiger partial charge in [0.1, 0.15) is 0 Å². The topological polar surface area (TPSA) is 67.8 Å². The predicted molar refractivity (Wildman–Crippen MR) is 71.0 cm³/mol. The van der Waals surface area contributed by atoms with Crippen molar-refractivity contribution in [3.8, 4) is 0 Å². The monoisotopic (exact) mass is 268 g/mol. The highest BCUT2D eigenvalue weighted by molar-refractivity contribution is 6.31. The van der Waals surface area contributed by atoms with Crippen LogP contribution in [0.15, 0.2) is 23.4 Å². The van der Waals surface area contributed by atoms with Crippen LogP contribution >= 0.6 is 11.6 Å². The van der Waals surface area contributed by atoms with Crippen molar-refractivity contribution in [1.82, 2.24) is 0 Å². The molecular formula is C13H17ClN2O2. The van der Waals surface area contributed by atoms with E-state index in [2.05, 4.69) is 5.16 Å². The number of ether oxygens (including phenoxy) is 1. The number of rotatable bonds is 6. The van der Waals surface area contributed by atoms with E-state index in [-0.39, 0.29) is 5.84 Å². The lowest BCUT2D eigenvalue weighted by molar-refractivity contribution is 0.115. The number of nitrogens with zero attached hydrogens (tertiary/aromatic N) is 1. The molecule has 1 aliphatic rings. The molecule has 4 nitrogen and oxygen atoms in total. The van der Waals surface area contributed by atoms with Crippen LogP contribution in [0.3, 0.4) is 0 Å². The zero-order valence-corrected chi connectivity index (χ0v) is 10.9. The van der Waals surface area contributed by atoms with Gasteiger partial charge in [0.15, 0.2) is 5.84 Å². The van der Waals surface area contributed by atoms with Gasteiger partial charge >= 0.3 is 0 Å². The van der Waals surface area contributed by atoms with Crippen LogP contribution in [-0.4, -0.2) is 17.6 Å². The molecule has 18 heavy (non-hydrogen) atoms. The van der Waals surface area contributed by atoms with E-state index in [1.165, 1.54) is 12.8 Å². The van der Waals surface area contributed by atoms with E-state index in [1.807, 2.05) is 6.07 Å². The molecule has 0 heterocycles. The lowest BCUT2D eigenvalue weighted by Gasteiger charge is -2.07. The van der Waals surface area contributed by atoms with E-state index in [1.54, 1.807) is 12.1 Å². The number of oxime groups is 1. The Labute approximate surface area is 111 Å². The summed E-state index contributed by atoms with van der Waals surface area (Å²) in [4.78, 5) is 0. The van der Waals surface area contributed by atoms with Gasteiger partial charge in [-0.25, -0.2) is 0 Å². The fourth-order valence-electron chi connectivity index (χ4n) is 1.72. The second-order valence-electron chi connectivity index (χ2n) is 4.58. The molecule has 1 fully saturated rings. The smallest absolute Gasteiger partial charge is 0.170 e. The molecule has 98 valence electrons. The van der Waals surface area contributed by atoms with Gasteiger partial charge in [-0.05, 0) is 24.0 Å². The molecule has 0 saturated heterocycles. The van der Waals surface area contributed by atoms with Crippen molar-refractivity contribution in [2.45, 2.75) is 25.9 Å². The maximum atomic E-state index is 8.57. The van der Waals surface area contributed by atoms with Crippen LogP contribution in [0.4, 0.5) is 0 Å². The van der Waals surface area contributed by atoms with Gasteiger partial charge in [0, 0.05) is 17.2 Å². The molecule has 0 bridgehead atoms. The third-order valence-electron chi connectivity index (χ3n) is 3.08. The van der Waals surface area contributed by atoms with Gasteiger partial charge in [0.2, 0.25) is 0 Å². The summed E-state index contributed by atoms with van der Waals surface area (Å²) in [6.45, 7) is 1.28. The maximum Gasteiger partial charge on any atom is 0.170 e. The largest absolute Gasteiger partial charge is 0.409 e. The number of benzene rings is 1. The Morgan fingerprint density at radius 2 is 2.28 bits per heavy atom. The lowest BCUT2D eigenvalue weighted by Crippen LogP contribution is -2.13. The summed E-state index contributed by atoms with van der Waals surface area (Å²) in [6.07, 6.45) is 3.83. The van der Waals surface area contributed by atoms with Crippen LogP contribution in [0.25, 0.3) is 0 Å². The fraction of sp³-hybridized carbons (Fsp3) is 0.462. The lowest BCUT2D eigenvalue weighted by atomic mass is 10.1. The third-order valence-corrected chi connectivity index (χ3v) is 3.43. The average Bonchev–Trinajstić information content (AvgIpc) is 3.19. The van der Waals surface area contributed by atoms with Gasteiger partial charge < -0.3 is 15.7 Å². The van der Waals surface area contributed by atoms with Crippen molar-refractivity contribution >= 4 is 17.4 Å². The minimum absolute atomic E-state index is 0.0538. The summed E-state index contributed by atoms with van der Waals surface area (Å²) in [7, 11) is 0. The summed E-state index contributed by atoms with van der Waals surface area (Å²) in [5.41, 5.74) is 7.00. The molecule has 1 saturated carbocycles. The Balaban J connectivity index is 1.87. The number of hydrogen-bond acceptors (Lipinski definition) is 3. The summed E-state index contributed by atoms with van der Waals surface area (Å²) in [6, 6.07) is 5.28. The van der Waals surface area contributed by atoms with Gasteiger partial charge in [-0.15, -0.1) is 0 Å². The molecule has 5 heteroatoms. The van der Waals surface area contributed by atoms with Crippen molar-refractivity contribution in [3.05, 3.63) is 34.3 Å². The van der Waals surface area contributed by atoms with Crippen molar-refractivity contribution in [3.63, 3.8) is 0 Å². The van der Waals surface area contributed by atoms with Crippen LogP contribution in [0.1, 0.15) is 30.4 Å². The molecule has 0 spiro atoms. The molecule has 2 rings (SSSR count). The van der Waals surface area contributed by atoms with E-state index in [0.29, 0.717) is 17.2 Å². The molecule has 1 aliphatic carbocycles. The van der Waals surface area contributed by atoms with Crippen LogP contribution in [0.2, 0.25) is 5.02 Å². The molecule has 0 atom stereocenters. The van der Waals surface area contributed by atoms with E-state index in [9.17, 15) is 0 Å². The molecule has 0 unspecified atom stereocenters. The Bertz CT molecular complexity index is 445. The van der Waals surface area contributed by atoms with Crippen LogP contribution in [0, 0.1) is 5.92 Å². The van der Waals surface area contributed by atoms with Gasteiger partial charge in [-0.1, -0.05) is 41.7 Å². The SMILES string of the molecule is N/C(=N/O)c1ccc(COCCC2CC2)c(Cl)c1. The van der Waals surface area contributed by atoms with E-state index >= 15 is 0 Å². The van der Waals surface area contributed by atoms with Gasteiger partial charge in [-0.3, -0.25) is 0 Å².